The van der Waals surface area contributed by atoms with Crippen LogP contribution < -0.4 is 0 Å². The van der Waals surface area contributed by atoms with Gasteiger partial charge in [-0.3, -0.25) is 0 Å². The van der Waals surface area contributed by atoms with Crippen LogP contribution in [0.5, 0.6) is 0 Å². The number of hydrogen-bond donors (Lipinski definition) is 0. The second-order valence-corrected chi connectivity index (χ2v) is 4.28. The van der Waals surface area contributed by atoms with Gasteiger partial charge in [0.2, 0.25) is 0 Å². The average Bonchev–Trinajstić information content (AvgIpc) is 2.49. The van der Waals surface area contributed by atoms with Crippen LogP contribution in [0.1, 0.15) is 5.56 Å². The van der Waals surface area contributed by atoms with Crippen molar-refractivity contribution < 1.29 is 9.53 Å². The largest absolute Gasteiger partial charge is 0.465 e. The molecule has 0 atom stereocenters. The van der Waals surface area contributed by atoms with E-state index in [1.54, 1.807) is 23.4 Å². The number of rotatable bonds is 2. The minimum Gasteiger partial charge on any atom is -0.465 e. The Bertz CT molecular complexity index is 649. The predicted molar refractivity (Wildman–Crippen MR) is 76.0 cm³/mol. The summed E-state index contributed by atoms with van der Waals surface area (Å²) in [6.07, 6.45) is 5.20. The molecule has 0 saturated heterocycles. The highest BCUT2D eigenvalue weighted by molar-refractivity contribution is 6.00. The molecule has 0 fully saturated rings. The summed E-state index contributed by atoms with van der Waals surface area (Å²) in [7, 11) is 3.14. The molecule has 100 valence electrons. The maximum atomic E-state index is 11.9. The Morgan fingerprint density at radius 3 is 2.60 bits per heavy atom. The zero-order valence-electron chi connectivity index (χ0n) is 11.3. The molecule has 4 heteroatoms. The smallest absolute Gasteiger partial charge is 0.340 e. The van der Waals surface area contributed by atoms with Gasteiger partial charge in [-0.2, -0.15) is 5.26 Å². The third-order valence-electron chi connectivity index (χ3n) is 2.95. The molecule has 0 aliphatic carbocycles. The molecule has 20 heavy (non-hydrogen) atoms. The number of hydrogen-bond acceptors (Lipinski definition) is 4. The maximum Gasteiger partial charge on any atom is 0.340 e. The lowest BCUT2D eigenvalue weighted by Gasteiger charge is -2.19. The first-order valence-corrected chi connectivity index (χ1v) is 6.08. The van der Waals surface area contributed by atoms with Gasteiger partial charge >= 0.3 is 5.97 Å². The van der Waals surface area contributed by atoms with Gasteiger partial charge in [0.15, 0.2) is 0 Å². The molecule has 0 amide bonds. The van der Waals surface area contributed by atoms with Crippen molar-refractivity contribution in [3.8, 4) is 6.07 Å². The van der Waals surface area contributed by atoms with Gasteiger partial charge in [-0.25, -0.2) is 4.79 Å². The Balaban J connectivity index is 2.60. The van der Waals surface area contributed by atoms with E-state index < -0.39 is 5.97 Å². The fourth-order valence-corrected chi connectivity index (χ4v) is 1.97. The Morgan fingerprint density at radius 1 is 1.30 bits per heavy atom. The fourth-order valence-electron chi connectivity index (χ4n) is 1.97. The van der Waals surface area contributed by atoms with Crippen molar-refractivity contribution in [2.24, 2.45) is 0 Å². The summed E-state index contributed by atoms with van der Waals surface area (Å²) >= 11 is 0. The molecule has 0 N–H and O–H groups in total. The normalized spacial score (nSPS) is 16.2. The molecule has 1 aromatic rings. The van der Waals surface area contributed by atoms with E-state index in [0.717, 1.165) is 5.56 Å². The van der Waals surface area contributed by atoms with E-state index in [2.05, 4.69) is 6.07 Å². The number of nitrogens with zero attached hydrogens (tertiary/aromatic N) is 2. The highest BCUT2D eigenvalue weighted by atomic mass is 16.5. The average molecular weight is 266 g/mol. The van der Waals surface area contributed by atoms with Crippen LogP contribution >= 0.6 is 0 Å². The maximum absolute atomic E-state index is 11.9. The van der Waals surface area contributed by atoms with Crippen LogP contribution in [0.25, 0.3) is 5.57 Å². The van der Waals surface area contributed by atoms with Gasteiger partial charge in [0.05, 0.1) is 18.3 Å². The van der Waals surface area contributed by atoms with Gasteiger partial charge < -0.3 is 9.64 Å². The zero-order valence-corrected chi connectivity index (χ0v) is 11.3. The summed E-state index contributed by atoms with van der Waals surface area (Å²) in [6, 6.07) is 11.4. The summed E-state index contributed by atoms with van der Waals surface area (Å²) in [5, 5.41) is 9.44. The number of allylic oxidation sites excluding steroid dienone is 2. The molecule has 4 nitrogen and oxygen atoms in total. The van der Waals surface area contributed by atoms with E-state index in [4.69, 9.17) is 4.74 Å². The van der Waals surface area contributed by atoms with E-state index in [0.29, 0.717) is 16.7 Å². The van der Waals surface area contributed by atoms with Crippen molar-refractivity contribution in [1.29, 1.82) is 5.26 Å². The topological polar surface area (TPSA) is 53.3 Å². The van der Waals surface area contributed by atoms with Crippen molar-refractivity contribution >= 4 is 11.5 Å². The van der Waals surface area contributed by atoms with Gasteiger partial charge in [-0.15, -0.1) is 0 Å². The van der Waals surface area contributed by atoms with Gasteiger partial charge in [-0.1, -0.05) is 30.3 Å². The molecule has 1 aliphatic heterocycles. The van der Waals surface area contributed by atoms with Crippen molar-refractivity contribution in [3.63, 3.8) is 0 Å². The number of nitriles is 1. The fraction of sp³-hybridized carbons (Fsp3) is 0.125. The lowest BCUT2D eigenvalue weighted by atomic mass is 9.94. The van der Waals surface area contributed by atoms with E-state index >= 15 is 0 Å². The Hall–Kier alpha value is -2.80. The third kappa shape index (κ3) is 2.62. The quantitative estimate of drug-likeness (QED) is 0.609. The number of esters is 1. The van der Waals surface area contributed by atoms with E-state index in [-0.39, 0.29) is 0 Å². The number of ether oxygens (including phenoxy) is 1. The van der Waals surface area contributed by atoms with Crippen LogP contribution in [0.4, 0.5) is 0 Å². The number of carbonyl (C=O) groups excluding carboxylic acids is 1. The molecule has 1 aliphatic rings. The second-order valence-electron chi connectivity index (χ2n) is 4.28. The molecule has 2 rings (SSSR count). The van der Waals surface area contributed by atoms with Crippen molar-refractivity contribution in [2.75, 3.05) is 14.2 Å². The molecule has 0 bridgehead atoms. The lowest BCUT2D eigenvalue weighted by molar-refractivity contribution is -0.135. The van der Waals surface area contributed by atoms with Gasteiger partial charge in [-0.05, 0) is 11.6 Å². The molecule has 0 radical (unpaired) electrons. The van der Waals surface area contributed by atoms with Crippen LogP contribution in [0.2, 0.25) is 0 Å². The van der Waals surface area contributed by atoms with Crippen LogP contribution in [-0.4, -0.2) is 25.0 Å². The highest BCUT2D eigenvalue weighted by Crippen LogP contribution is 2.28. The molecule has 0 aromatic heterocycles. The van der Waals surface area contributed by atoms with Crippen LogP contribution in [-0.2, 0) is 9.53 Å². The standard InChI is InChI=1S/C16H14N2O2/c1-18-9-8-13(15(11-18)16(19)20-2)14(10-17)12-6-4-3-5-7-12/h3-9,11H,1-2H3/b14-13-. The molecule has 0 unspecified atom stereocenters. The van der Waals surface area contributed by atoms with E-state index in [9.17, 15) is 10.1 Å². The molecular weight excluding hydrogens is 252 g/mol. The minimum atomic E-state index is -0.458. The number of carbonyl (C=O) groups is 1. The van der Waals surface area contributed by atoms with Crippen LogP contribution in [0, 0.1) is 11.3 Å². The summed E-state index contributed by atoms with van der Waals surface area (Å²) in [6.45, 7) is 0. The Morgan fingerprint density at radius 2 is 2.00 bits per heavy atom. The van der Waals surface area contributed by atoms with Gasteiger partial charge in [0.25, 0.3) is 0 Å². The first-order valence-electron chi connectivity index (χ1n) is 6.08. The van der Waals surface area contributed by atoms with Gasteiger partial charge in [0, 0.05) is 25.0 Å². The zero-order chi connectivity index (χ0) is 14.5. The van der Waals surface area contributed by atoms with Crippen LogP contribution in [0.15, 0.2) is 60.0 Å². The third-order valence-corrected chi connectivity index (χ3v) is 2.95. The minimum absolute atomic E-state index is 0.373. The predicted octanol–water partition coefficient (Wildman–Crippen LogP) is 2.48. The molecule has 0 spiro atoms. The SMILES string of the molecule is COC(=O)C1=CN(C)C=C/C1=C(\C#N)c1ccccc1. The van der Waals surface area contributed by atoms with E-state index in [1.807, 2.05) is 37.4 Å². The highest BCUT2D eigenvalue weighted by Gasteiger charge is 2.21. The summed E-state index contributed by atoms with van der Waals surface area (Å²) in [4.78, 5) is 13.6. The Labute approximate surface area is 117 Å². The van der Waals surface area contributed by atoms with Crippen LogP contribution in [0.3, 0.4) is 0 Å². The number of benzene rings is 1. The summed E-state index contributed by atoms with van der Waals surface area (Å²) in [5.41, 5.74) is 2.17. The van der Waals surface area contributed by atoms with Gasteiger partial charge in [0.1, 0.15) is 6.07 Å². The van der Waals surface area contributed by atoms with Crippen molar-refractivity contribution in [3.05, 3.63) is 65.5 Å². The summed E-state index contributed by atoms with van der Waals surface area (Å²) in [5.74, 6) is -0.458. The molecule has 0 saturated carbocycles. The molecule has 1 heterocycles. The Kier molecular flexibility index (Phi) is 4.02. The second kappa shape index (κ2) is 5.89. The molecule has 1 aromatic carbocycles. The first-order chi connectivity index (χ1) is 9.67. The summed E-state index contributed by atoms with van der Waals surface area (Å²) < 4.78 is 4.79. The van der Waals surface area contributed by atoms with Crippen molar-refractivity contribution in [1.82, 2.24) is 4.90 Å². The monoisotopic (exact) mass is 266 g/mol. The van der Waals surface area contributed by atoms with E-state index in [1.165, 1.54) is 7.11 Å². The lowest BCUT2D eigenvalue weighted by Crippen LogP contribution is -2.16. The molecular formula is C16H14N2O2. The first kappa shape index (κ1) is 13.6. The van der Waals surface area contributed by atoms with Crippen molar-refractivity contribution in [2.45, 2.75) is 0 Å². The number of methoxy groups -OCH3 is 1.